The zero-order chi connectivity index (χ0) is 21.8. The zero-order valence-corrected chi connectivity index (χ0v) is 20.5. The Morgan fingerprint density at radius 3 is 0.933 bits per heavy atom. The van der Waals surface area contributed by atoms with E-state index in [9.17, 15) is 0 Å². The van der Waals surface area contributed by atoms with Gasteiger partial charge in [0.15, 0.2) is 0 Å². The maximum atomic E-state index is 8.67. The van der Waals surface area contributed by atoms with E-state index in [1.54, 1.807) is 0 Å². The van der Waals surface area contributed by atoms with Crippen LogP contribution in [0.1, 0.15) is 142 Å². The van der Waals surface area contributed by atoms with E-state index in [-0.39, 0.29) is 29.6 Å². The van der Waals surface area contributed by atoms with Gasteiger partial charge in [-0.15, -0.1) is 0 Å². The standard InChI is InChI=1S/C24H50O.Na.H2O3S.H/c1-3-5-7-9-11-13-15-17-19-21-23-25-24-22-20-18-16-14-12-10-8-6-4-2;;1-4(2)3;/h3-24H2,1-2H3;;(H2,1,2,3);. The van der Waals surface area contributed by atoms with Crippen LogP contribution in [0.3, 0.4) is 0 Å². The summed E-state index contributed by atoms with van der Waals surface area (Å²) in [6.45, 7) is 6.57. The number of unbranched alkanes of at least 4 members (excludes halogenated alkanes) is 18. The van der Waals surface area contributed by atoms with Gasteiger partial charge in [0.25, 0.3) is 11.4 Å². The summed E-state index contributed by atoms with van der Waals surface area (Å²) in [6.07, 6.45) is 28.2. The molecule has 0 fully saturated rings. The van der Waals surface area contributed by atoms with Crippen LogP contribution >= 0.6 is 0 Å². The average molecular weight is 461 g/mol. The molecule has 0 aliphatic rings. The first kappa shape index (κ1) is 35.6. The number of hydrogen-bond acceptors (Lipinski definition) is 2. The van der Waals surface area contributed by atoms with Crippen molar-refractivity contribution in [3.63, 3.8) is 0 Å². The molecule has 0 spiro atoms. The van der Waals surface area contributed by atoms with Crippen molar-refractivity contribution >= 4 is 40.9 Å². The van der Waals surface area contributed by atoms with Crippen LogP contribution in [0.25, 0.3) is 0 Å². The molecule has 0 aromatic rings. The molecule has 2 N–H and O–H groups in total. The monoisotopic (exact) mass is 460 g/mol. The topological polar surface area (TPSA) is 66.8 Å². The van der Waals surface area contributed by atoms with E-state index in [0.717, 1.165) is 13.2 Å². The van der Waals surface area contributed by atoms with Crippen LogP contribution in [-0.4, -0.2) is 56.1 Å². The zero-order valence-electron chi connectivity index (χ0n) is 19.7. The summed E-state index contributed by atoms with van der Waals surface area (Å²) in [5.74, 6) is 0. The molecule has 4 nitrogen and oxygen atoms in total. The van der Waals surface area contributed by atoms with Gasteiger partial charge in [-0.1, -0.05) is 129 Å². The number of ether oxygens (including phenoxy) is 1. The van der Waals surface area contributed by atoms with Gasteiger partial charge in [-0.25, -0.2) is 0 Å². The maximum absolute atomic E-state index is 8.67. The van der Waals surface area contributed by atoms with Gasteiger partial charge in [-0.05, 0) is 12.8 Å². The fourth-order valence-electron chi connectivity index (χ4n) is 3.49. The molecule has 0 heterocycles. The van der Waals surface area contributed by atoms with E-state index in [1.807, 2.05) is 0 Å². The van der Waals surface area contributed by atoms with Crippen LogP contribution in [0.5, 0.6) is 0 Å². The Morgan fingerprint density at radius 2 is 0.700 bits per heavy atom. The van der Waals surface area contributed by atoms with E-state index >= 15 is 0 Å². The molecule has 180 valence electrons. The van der Waals surface area contributed by atoms with Crippen LogP contribution in [0.15, 0.2) is 0 Å². The van der Waals surface area contributed by atoms with Crippen molar-refractivity contribution < 1.29 is 18.1 Å². The van der Waals surface area contributed by atoms with Crippen molar-refractivity contribution in [1.82, 2.24) is 0 Å². The molecule has 0 saturated carbocycles. The Hall–Kier alpha value is 1.03. The van der Waals surface area contributed by atoms with E-state index in [1.165, 1.54) is 128 Å². The molecule has 0 aliphatic carbocycles. The summed E-state index contributed by atoms with van der Waals surface area (Å²) in [7, 11) is 0. The van der Waals surface area contributed by atoms with Crippen LogP contribution < -0.4 is 0 Å². The Kier molecular flexibility index (Phi) is 41.1. The van der Waals surface area contributed by atoms with Crippen molar-refractivity contribution in [1.29, 1.82) is 0 Å². The molecule has 0 aromatic heterocycles. The summed E-state index contributed by atoms with van der Waals surface area (Å²) in [6, 6.07) is 0. The van der Waals surface area contributed by atoms with Crippen molar-refractivity contribution in [2.24, 2.45) is 0 Å². The minimum atomic E-state index is -2.61. The van der Waals surface area contributed by atoms with Gasteiger partial charge in [0.2, 0.25) is 0 Å². The van der Waals surface area contributed by atoms with Gasteiger partial charge in [0, 0.05) is 13.2 Å². The molecule has 6 heteroatoms. The average Bonchev–Trinajstić information content (AvgIpc) is 2.69. The molecule has 0 radical (unpaired) electrons. The predicted molar refractivity (Wildman–Crippen MR) is 135 cm³/mol. The van der Waals surface area contributed by atoms with Crippen LogP contribution in [0.4, 0.5) is 0 Å². The first-order chi connectivity index (χ1) is 14.1. The molecular formula is C24H53NaO4S. The summed E-state index contributed by atoms with van der Waals surface area (Å²) >= 11 is -2.61. The van der Waals surface area contributed by atoms with Crippen molar-refractivity contribution in [2.75, 3.05) is 13.2 Å². The summed E-state index contributed by atoms with van der Waals surface area (Å²) < 4.78 is 28.6. The van der Waals surface area contributed by atoms with Crippen molar-refractivity contribution in [2.45, 2.75) is 142 Å². The second-order valence-electron chi connectivity index (χ2n) is 8.21. The van der Waals surface area contributed by atoms with E-state index in [2.05, 4.69) is 13.8 Å². The van der Waals surface area contributed by atoms with Gasteiger partial charge >= 0.3 is 29.6 Å². The summed E-state index contributed by atoms with van der Waals surface area (Å²) in [5.41, 5.74) is 0. The third kappa shape index (κ3) is 43.0. The third-order valence-electron chi connectivity index (χ3n) is 5.28. The fraction of sp³-hybridized carbons (Fsp3) is 1.00. The van der Waals surface area contributed by atoms with Crippen molar-refractivity contribution in [3.05, 3.63) is 0 Å². The molecule has 0 aromatic carbocycles. The van der Waals surface area contributed by atoms with Crippen molar-refractivity contribution in [3.8, 4) is 0 Å². The van der Waals surface area contributed by atoms with E-state index in [4.69, 9.17) is 18.1 Å². The first-order valence-electron chi connectivity index (χ1n) is 12.5. The quantitative estimate of drug-likeness (QED) is 0.0979. The third-order valence-corrected chi connectivity index (χ3v) is 5.28. The second-order valence-corrected chi connectivity index (χ2v) is 8.67. The van der Waals surface area contributed by atoms with Gasteiger partial charge in [-0.2, -0.15) is 4.21 Å². The van der Waals surface area contributed by atoms with E-state index < -0.39 is 11.4 Å². The Bertz CT molecular complexity index is 281. The Morgan fingerprint density at radius 1 is 0.500 bits per heavy atom. The molecule has 0 saturated heterocycles. The minimum absolute atomic E-state index is 0. The second kappa shape index (κ2) is 34.6. The van der Waals surface area contributed by atoms with Crippen LogP contribution in [0, 0.1) is 0 Å². The van der Waals surface area contributed by atoms with Gasteiger partial charge in [-0.3, -0.25) is 9.11 Å². The molecule has 0 bridgehead atoms. The van der Waals surface area contributed by atoms with E-state index in [0.29, 0.717) is 0 Å². The number of hydrogen-bond donors (Lipinski definition) is 2. The molecule has 0 atom stereocenters. The molecule has 0 rings (SSSR count). The number of rotatable bonds is 22. The summed E-state index contributed by atoms with van der Waals surface area (Å²) in [5, 5.41) is 0. The molecular weight excluding hydrogens is 407 g/mol. The molecule has 30 heavy (non-hydrogen) atoms. The SMILES string of the molecule is CCCCCCCCCCCCOCCCCCCCCCCCC.O=S(O)O.[NaH]. The van der Waals surface area contributed by atoms with Crippen LogP contribution in [-0.2, 0) is 16.1 Å². The van der Waals surface area contributed by atoms with Gasteiger partial charge in [0.05, 0.1) is 0 Å². The fourth-order valence-corrected chi connectivity index (χ4v) is 3.49. The Labute approximate surface area is 213 Å². The molecule has 0 unspecified atom stereocenters. The normalized spacial score (nSPS) is 10.6. The predicted octanol–water partition coefficient (Wildman–Crippen LogP) is 7.88. The first-order valence-corrected chi connectivity index (χ1v) is 13.6. The summed E-state index contributed by atoms with van der Waals surface area (Å²) in [4.78, 5) is 0. The van der Waals surface area contributed by atoms with Crippen LogP contribution in [0.2, 0.25) is 0 Å². The molecule has 0 aliphatic heterocycles. The van der Waals surface area contributed by atoms with Gasteiger partial charge in [0.1, 0.15) is 0 Å². The Balaban J connectivity index is -0.00000133. The van der Waals surface area contributed by atoms with Gasteiger partial charge < -0.3 is 4.74 Å². The molecule has 0 amide bonds.